The predicted molar refractivity (Wildman–Crippen MR) is 54.8 cm³/mol. The molecule has 0 saturated heterocycles. The maximum absolute atomic E-state index is 12.9. The van der Waals surface area contributed by atoms with Gasteiger partial charge in [0, 0.05) is 5.56 Å². The van der Waals surface area contributed by atoms with E-state index in [2.05, 4.69) is 4.74 Å². The molecule has 1 rings (SSSR count). The first-order chi connectivity index (χ1) is 8.14. The summed E-state index contributed by atoms with van der Waals surface area (Å²) in [7, 11) is 0.745. The van der Waals surface area contributed by atoms with Crippen LogP contribution in [0.2, 0.25) is 0 Å². The van der Waals surface area contributed by atoms with Gasteiger partial charge in [-0.05, 0) is 24.6 Å². The number of phenols is 1. The molecule has 1 aromatic carbocycles. The fraction of sp³-hybridized carbons (Fsp3) is 0.364. The quantitative estimate of drug-likeness (QED) is 0.797. The van der Waals surface area contributed by atoms with E-state index in [0.29, 0.717) is 0 Å². The number of benzene rings is 1. The van der Waals surface area contributed by atoms with E-state index in [1.54, 1.807) is 0 Å². The number of alkyl halides is 3. The Morgan fingerprint density at radius 1 is 1.33 bits per heavy atom. The highest BCUT2D eigenvalue weighted by molar-refractivity contribution is 5.82. The Bertz CT molecular complexity index is 470. The number of aryl methyl sites for hydroxylation is 1. The first kappa shape index (κ1) is 14.3. The van der Waals surface area contributed by atoms with Crippen molar-refractivity contribution < 1.29 is 32.9 Å². The van der Waals surface area contributed by atoms with Gasteiger partial charge >= 0.3 is 12.1 Å². The minimum atomic E-state index is -5.23. The van der Waals surface area contributed by atoms with E-state index in [4.69, 9.17) is 5.11 Å². The summed E-state index contributed by atoms with van der Waals surface area (Å²) in [6, 6.07) is 2.78. The number of ether oxygens (including phenoxy) is 1. The number of hydrogen-bond donors (Lipinski definition) is 2. The Morgan fingerprint density at radius 2 is 1.89 bits per heavy atom. The zero-order valence-corrected chi connectivity index (χ0v) is 9.58. The van der Waals surface area contributed by atoms with Gasteiger partial charge in [-0.1, -0.05) is 6.07 Å². The summed E-state index contributed by atoms with van der Waals surface area (Å²) in [5.74, 6) is -2.10. The van der Waals surface area contributed by atoms with Crippen molar-refractivity contribution in [2.45, 2.75) is 18.7 Å². The molecule has 1 aromatic rings. The first-order valence-corrected chi connectivity index (χ1v) is 4.82. The number of aliphatic hydroxyl groups is 1. The van der Waals surface area contributed by atoms with Crippen LogP contribution in [0.3, 0.4) is 0 Å². The molecule has 0 bridgehead atoms. The number of esters is 1. The summed E-state index contributed by atoms with van der Waals surface area (Å²) in [4.78, 5) is 11.3. The molecule has 0 aliphatic rings. The zero-order chi connectivity index (χ0) is 14.1. The van der Waals surface area contributed by atoms with Crippen molar-refractivity contribution in [3.8, 4) is 5.75 Å². The van der Waals surface area contributed by atoms with Gasteiger partial charge in [0.05, 0.1) is 7.11 Å². The number of carbonyl (C=O) groups is 1. The second-order valence-corrected chi connectivity index (χ2v) is 3.70. The molecule has 0 saturated carbocycles. The van der Waals surface area contributed by atoms with E-state index < -0.39 is 23.3 Å². The molecule has 7 heteroatoms. The Labute approximate surface area is 101 Å². The van der Waals surface area contributed by atoms with E-state index in [-0.39, 0.29) is 11.3 Å². The summed E-state index contributed by atoms with van der Waals surface area (Å²) in [6.07, 6.45) is -5.23. The SMILES string of the molecule is COC(=O)C(O)(c1ccc(O)cc1C)C(F)(F)F. The minimum absolute atomic E-state index is 0.0831. The molecule has 0 aromatic heterocycles. The Balaban J connectivity index is 3.50. The third kappa shape index (κ3) is 2.13. The van der Waals surface area contributed by atoms with E-state index in [9.17, 15) is 23.1 Å². The number of phenolic OH excluding ortho intramolecular Hbond substituents is 1. The number of rotatable bonds is 2. The molecule has 2 N–H and O–H groups in total. The number of aromatic hydroxyl groups is 1. The Morgan fingerprint density at radius 3 is 2.28 bits per heavy atom. The van der Waals surface area contributed by atoms with Gasteiger partial charge < -0.3 is 14.9 Å². The molecule has 18 heavy (non-hydrogen) atoms. The fourth-order valence-corrected chi connectivity index (χ4v) is 1.58. The largest absolute Gasteiger partial charge is 0.508 e. The maximum atomic E-state index is 12.9. The lowest BCUT2D eigenvalue weighted by Crippen LogP contribution is -2.50. The highest BCUT2D eigenvalue weighted by Gasteiger charge is 2.62. The van der Waals surface area contributed by atoms with Crippen LogP contribution in [0.1, 0.15) is 11.1 Å². The molecule has 0 aliphatic carbocycles. The summed E-state index contributed by atoms with van der Waals surface area (Å²) >= 11 is 0. The van der Waals surface area contributed by atoms with Crippen molar-refractivity contribution in [3.05, 3.63) is 29.3 Å². The van der Waals surface area contributed by atoms with Crippen molar-refractivity contribution in [2.75, 3.05) is 7.11 Å². The molecule has 0 spiro atoms. The monoisotopic (exact) mass is 264 g/mol. The Kier molecular flexibility index (Phi) is 3.57. The van der Waals surface area contributed by atoms with Gasteiger partial charge in [0.15, 0.2) is 0 Å². The normalized spacial score (nSPS) is 15.0. The number of hydrogen-bond acceptors (Lipinski definition) is 4. The molecule has 0 amide bonds. The summed E-state index contributed by atoms with van der Waals surface area (Å²) < 4.78 is 42.7. The highest BCUT2D eigenvalue weighted by atomic mass is 19.4. The van der Waals surface area contributed by atoms with Gasteiger partial charge in [-0.2, -0.15) is 13.2 Å². The Hall–Kier alpha value is -1.76. The average Bonchev–Trinajstić information content (AvgIpc) is 2.25. The van der Waals surface area contributed by atoms with Crippen molar-refractivity contribution in [1.29, 1.82) is 0 Å². The number of methoxy groups -OCH3 is 1. The van der Waals surface area contributed by atoms with E-state index in [0.717, 1.165) is 25.3 Å². The number of halogens is 3. The van der Waals surface area contributed by atoms with Crippen molar-refractivity contribution in [1.82, 2.24) is 0 Å². The molecule has 0 heterocycles. The molecule has 100 valence electrons. The van der Waals surface area contributed by atoms with Crippen LogP contribution in [-0.4, -0.2) is 29.5 Å². The standard InChI is InChI=1S/C11H11F3O4/c1-6-5-7(15)3-4-8(6)10(17,9(16)18-2)11(12,13)14/h3-5,15,17H,1-2H3. The molecule has 4 nitrogen and oxygen atoms in total. The highest BCUT2D eigenvalue weighted by Crippen LogP contribution is 2.41. The van der Waals surface area contributed by atoms with Crippen LogP contribution in [-0.2, 0) is 15.1 Å². The van der Waals surface area contributed by atoms with Gasteiger partial charge in [0.2, 0.25) is 0 Å². The van der Waals surface area contributed by atoms with Gasteiger partial charge in [-0.3, -0.25) is 0 Å². The van der Waals surface area contributed by atoms with Gasteiger partial charge in [-0.25, -0.2) is 4.79 Å². The lowest BCUT2D eigenvalue weighted by Gasteiger charge is -2.29. The smallest absolute Gasteiger partial charge is 0.432 e. The molecule has 1 atom stereocenters. The second kappa shape index (κ2) is 4.49. The topological polar surface area (TPSA) is 66.8 Å². The molecule has 0 aliphatic heterocycles. The van der Waals surface area contributed by atoms with Gasteiger partial charge in [0.1, 0.15) is 5.75 Å². The third-order valence-electron chi connectivity index (χ3n) is 2.49. The molecular formula is C11H11F3O4. The van der Waals surface area contributed by atoms with Crippen LogP contribution in [0.25, 0.3) is 0 Å². The van der Waals surface area contributed by atoms with Gasteiger partial charge in [0.25, 0.3) is 5.60 Å². The summed E-state index contributed by atoms with van der Waals surface area (Å²) in [5, 5.41) is 18.8. The van der Waals surface area contributed by atoms with Crippen LogP contribution in [0, 0.1) is 6.92 Å². The van der Waals surface area contributed by atoms with E-state index >= 15 is 0 Å². The van der Waals surface area contributed by atoms with Crippen molar-refractivity contribution in [3.63, 3.8) is 0 Å². The van der Waals surface area contributed by atoms with Crippen molar-refractivity contribution >= 4 is 5.97 Å². The van der Waals surface area contributed by atoms with Crippen LogP contribution in [0.15, 0.2) is 18.2 Å². The zero-order valence-electron chi connectivity index (χ0n) is 9.58. The van der Waals surface area contributed by atoms with Crippen LogP contribution >= 0.6 is 0 Å². The number of carbonyl (C=O) groups excluding carboxylic acids is 1. The lowest BCUT2D eigenvalue weighted by atomic mass is 9.89. The molecular weight excluding hydrogens is 253 g/mol. The maximum Gasteiger partial charge on any atom is 0.432 e. The van der Waals surface area contributed by atoms with Crippen LogP contribution in [0.5, 0.6) is 5.75 Å². The predicted octanol–water partition coefficient (Wildman–Crippen LogP) is 1.62. The minimum Gasteiger partial charge on any atom is -0.508 e. The molecule has 0 fully saturated rings. The van der Waals surface area contributed by atoms with Crippen LogP contribution < -0.4 is 0 Å². The summed E-state index contributed by atoms with van der Waals surface area (Å²) in [6.45, 7) is 1.23. The van der Waals surface area contributed by atoms with Gasteiger partial charge in [-0.15, -0.1) is 0 Å². The first-order valence-electron chi connectivity index (χ1n) is 4.82. The average molecular weight is 264 g/mol. The molecule has 1 unspecified atom stereocenters. The second-order valence-electron chi connectivity index (χ2n) is 3.70. The lowest BCUT2D eigenvalue weighted by molar-refractivity contribution is -0.267. The van der Waals surface area contributed by atoms with Crippen molar-refractivity contribution in [2.24, 2.45) is 0 Å². The van der Waals surface area contributed by atoms with Crippen LogP contribution in [0.4, 0.5) is 13.2 Å². The molecule has 0 radical (unpaired) electrons. The third-order valence-corrected chi connectivity index (χ3v) is 2.49. The van der Waals surface area contributed by atoms with E-state index in [1.165, 1.54) is 6.92 Å². The van der Waals surface area contributed by atoms with E-state index in [1.807, 2.05) is 0 Å². The fourth-order valence-electron chi connectivity index (χ4n) is 1.58. The summed E-state index contributed by atoms with van der Waals surface area (Å²) in [5.41, 5.74) is -4.51.